The van der Waals surface area contributed by atoms with Crippen LogP contribution in [0.25, 0.3) is 0 Å². The first kappa shape index (κ1) is 17.1. The smallest absolute Gasteiger partial charge is 0.220 e. The second-order valence-corrected chi connectivity index (χ2v) is 6.27. The van der Waals surface area contributed by atoms with Gasteiger partial charge in [0.05, 0.1) is 0 Å². The molecule has 0 aliphatic carbocycles. The van der Waals surface area contributed by atoms with Crippen molar-refractivity contribution in [1.82, 2.24) is 5.32 Å². The number of hydrogen-bond acceptors (Lipinski definition) is 2. The zero-order valence-electron chi connectivity index (χ0n) is 14.5. The van der Waals surface area contributed by atoms with Crippen molar-refractivity contribution >= 4 is 11.6 Å². The largest absolute Gasteiger partial charge is 0.378 e. The molecule has 0 radical (unpaired) electrons. The van der Waals surface area contributed by atoms with Crippen LogP contribution in [-0.4, -0.2) is 20.0 Å². The molecule has 0 aliphatic heterocycles. The van der Waals surface area contributed by atoms with Gasteiger partial charge < -0.3 is 10.2 Å². The van der Waals surface area contributed by atoms with Crippen LogP contribution < -0.4 is 10.2 Å². The summed E-state index contributed by atoms with van der Waals surface area (Å²) < 4.78 is 0. The Hall–Kier alpha value is -2.29. The third kappa shape index (κ3) is 5.13. The van der Waals surface area contributed by atoms with E-state index in [4.69, 9.17) is 0 Å². The standard InChI is InChI=1S/C20H26N2O/c1-15-5-8-18(16(2)13-15)9-12-20(23)21-14-17-6-10-19(11-7-17)22(3)4/h5-8,10-11,13H,9,12,14H2,1-4H3,(H,21,23). The van der Waals surface area contributed by atoms with Crippen LogP contribution in [-0.2, 0) is 17.8 Å². The Labute approximate surface area is 139 Å². The minimum absolute atomic E-state index is 0.0988. The van der Waals surface area contributed by atoms with Crippen molar-refractivity contribution in [2.45, 2.75) is 33.2 Å². The molecule has 0 heterocycles. The van der Waals surface area contributed by atoms with Gasteiger partial charge in [0.1, 0.15) is 0 Å². The second kappa shape index (κ2) is 7.82. The van der Waals surface area contributed by atoms with Crippen molar-refractivity contribution in [2.24, 2.45) is 0 Å². The lowest BCUT2D eigenvalue weighted by atomic mass is 10.0. The van der Waals surface area contributed by atoms with Crippen LogP contribution in [0.2, 0.25) is 0 Å². The molecule has 3 nitrogen and oxygen atoms in total. The molecule has 0 spiro atoms. The highest BCUT2D eigenvalue weighted by molar-refractivity contribution is 5.76. The molecule has 1 N–H and O–H groups in total. The van der Waals surface area contributed by atoms with E-state index in [1.54, 1.807) is 0 Å². The summed E-state index contributed by atoms with van der Waals surface area (Å²) >= 11 is 0. The first-order valence-corrected chi connectivity index (χ1v) is 8.05. The van der Waals surface area contributed by atoms with Gasteiger partial charge in [0.2, 0.25) is 5.91 Å². The van der Waals surface area contributed by atoms with E-state index < -0.39 is 0 Å². The van der Waals surface area contributed by atoms with Crippen LogP contribution in [0.5, 0.6) is 0 Å². The minimum atomic E-state index is 0.0988. The van der Waals surface area contributed by atoms with E-state index in [1.807, 2.05) is 14.1 Å². The predicted octanol–water partition coefficient (Wildman–Crippen LogP) is 3.62. The van der Waals surface area contributed by atoms with Gasteiger partial charge in [-0.2, -0.15) is 0 Å². The van der Waals surface area contributed by atoms with Crippen LogP contribution in [0, 0.1) is 13.8 Å². The van der Waals surface area contributed by atoms with Crippen molar-refractivity contribution in [3.8, 4) is 0 Å². The Morgan fingerprint density at radius 1 is 1.04 bits per heavy atom. The maximum absolute atomic E-state index is 12.0. The summed E-state index contributed by atoms with van der Waals surface area (Å²) in [5, 5.41) is 3.00. The Balaban J connectivity index is 1.80. The van der Waals surface area contributed by atoms with Crippen LogP contribution in [0.1, 0.15) is 28.7 Å². The SMILES string of the molecule is Cc1ccc(CCC(=O)NCc2ccc(N(C)C)cc2)c(C)c1. The highest BCUT2D eigenvalue weighted by Crippen LogP contribution is 2.13. The Bertz CT molecular complexity index is 660. The number of anilines is 1. The lowest BCUT2D eigenvalue weighted by Gasteiger charge is -2.13. The average molecular weight is 310 g/mol. The molecule has 1 amide bonds. The van der Waals surface area contributed by atoms with Crippen molar-refractivity contribution < 1.29 is 4.79 Å². The molecule has 2 rings (SSSR count). The maximum Gasteiger partial charge on any atom is 0.220 e. The number of carbonyl (C=O) groups excluding carboxylic acids is 1. The summed E-state index contributed by atoms with van der Waals surface area (Å²) in [7, 11) is 4.04. The van der Waals surface area contributed by atoms with Gasteiger partial charge in [-0.25, -0.2) is 0 Å². The third-order valence-electron chi connectivity index (χ3n) is 4.06. The molecule has 2 aromatic rings. The molecule has 2 aromatic carbocycles. The molecule has 0 aromatic heterocycles. The van der Waals surface area contributed by atoms with Gasteiger partial charge in [0.25, 0.3) is 0 Å². The fraction of sp³-hybridized carbons (Fsp3) is 0.350. The second-order valence-electron chi connectivity index (χ2n) is 6.27. The highest BCUT2D eigenvalue weighted by Gasteiger charge is 2.05. The number of nitrogens with zero attached hydrogens (tertiary/aromatic N) is 1. The third-order valence-corrected chi connectivity index (χ3v) is 4.06. The summed E-state index contributed by atoms with van der Waals surface area (Å²) in [5.41, 5.74) is 6.06. The van der Waals surface area contributed by atoms with Crippen LogP contribution in [0.15, 0.2) is 42.5 Å². The quantitative estimate of drug-likeness (QED) is 0.884. The summed E-state index contributed by atoms with van der Waals surface area (Å²) in [6.45, 7) is 4.77. The first-order valence-electron chi connectivity index (χ1n) is 8.05. The summed E-state index contributed by atoms with van der Waals surface area (Å²) in [6, 6.07) is 14.6. The van der Waals surface area contributed by atoms with Gasteiger partial charge in [-0.05, 0) is 49.1 Å². The first-order chi connectivity index (χ1) is 11.0. The van der Waals surface area contributed by atoms with Crippen LogP contribution in [0.4, 0.5) is 5.69 Å². The monoisotopic (exact) mass is 310 g/mol. The van der Waals surface area contributed by atoms with Gasteiger partial charge in [0.15, 0.2) is 0 Å². The number of amides is 1. The molecular formula is C20H26N2O. The fourth-order valence-electron chi connectivity index (χ4n) is 2.58. The molecule has 23 heavy (non-hydrogen) atoms. The number of nitrogens with one attached hydrogen (secondary N) is 1. The van der Waals surface area contributed by atoms with Crippen molar-refractivity contribution in [3.05, 3.63) is 64.7 Å². The van der Waals surface area contributed by atoms with E-state index in [-0.39, 0.29) is 5.91 Å². The van der Waals surface area contributed by atoms with E-state index in [2.05, 4.69) is 66.5 Å². The molecule has 122 valence electrons. The van der Waals surface area contributed by atoms with E-state index in [0.717, 1.165) is 17.7 Å². The summed E-state index contributed by atoms with van der Waals surface area (Å²) in [4.78, 5) is 14.1. The van der Waals surface area contributed by atoms with E-state index >= 15 is 0 Å². The van der Waals surface area contributed by atoms with Gasteiger partial charge >= 0.3 is 0 Å². The van der Waals surface area contributed by atoms with Crippen LogP contribution in [0.3, 0.4) is 0 Å². The average Bonchev–Trinajstić information content (AvgIpc) is 2.52. The Kier molecular flexibility index (Phi) is 5.80. The lowest BCUT2D eigenvalue weighted by molar-refractivity contribution is -0.121. The topological polar surface area (TPSA) is 32.3 Å². The maximum atomic E-state index is 12.0. The van der Waals surface area contributed by atoms with Gasteiger partial charge in [-0.15, -0.1) is 0 Å². The normalized spacial score (nSPS) is 10.4. The molecule has 0 saturated carbocycles. The molecular weight excluding hydrogens is 284 g/mol. The molecule has 0 fully saturated rings. The Morgan fingerprint density at radius 3 is 2.35 bits per heavy atom. The summed E-state index contributed by atoms with van der Waals surface area (Å²) in [5.74, 6) is 0.0988. The van der Waals surface area contributed by atoms with E-state index in [9.17, 15) is 4.79 Å². The van der Waals surface area contributed by atoms with Gasteiger partial charge in [0, 0.05) is 32.7 Å². The molecule has 0 saturated heterocycles. The molecule has 0 aliphatic rings. The lowest BCUT2D eigenvalue weighted by Crippen LogP contribution is -2.23. The number of carbonyl (C=O) groups is 1. The number of benzene rings is 2. The zero-order valence-corrected chi connectivity index (χ0v) is 14.5. The molecule has 3 heteroatoms. The molecule has 0 unspecified atom stereocenters. The fourth-order valence-corrected chi connectivity index (χ4v) is 2.58. The molecule has 0 atom stereocenters. The van der Waals surface area contributed by atoms with Crippen molar-refractivity contribution in [1.29, 1.82) is 0 Å². The Morgan fingerprint density at radius 2 is 1.74 bits per heavy atom. The van der Waals surface area contributed by atoms with Crippen molar-refractivity contribution in [2.75, 3.05) is 19.0 Å². The zero-order chi connectivity index (χ0) is 16.8. The molecule has 0 bridgehead atoms. The van der Waals surface area contributed by atoms with E-state index in [0.29, 0.717) is 13.0 Å². The number of rotatable bonds is 6. The highest BCUT2D eigenvalue weighted by atomic mass is 16.1. The number of hydrogen-bond donors (Lipinski definition) is 1. The minimum Gasteiger partial charge on any atom is -0.378 e. The predicted molar refractivity (Wildman–Crippen MR) is 96.9 cm³/mol. The summed E-state index contributed by atoms with van der Waals surface area (Å²) in [6.07, 6.45) is 1.32. The van der Waals surface area contributed by atoms with Gasteiger partial charge in [-0.1, -0.05) is 35.9 Å². The van der Waals surface area contributed by atoms with Crippen molar-refractivity contribution in [3.63, 3.8) is 0 Å². The van der Waals surface area contributed by atoms with E-state index in [1.165, 1.54) is 16.7 Å². The van der Waals surface area contributed by atoms with Crippen LogP contribution >= 0.6 is 0 Å². The number of aryl methyl sites for hydroxylation is 3. The van der Waals surface area contributed by atoms with Gasteiger partial charge in [-0.3, -0.25) is 4.79 Å².